The molecule has 0 saturated heterocycles. The van der Waals surface area contributed by atoms with Gasteiger partial charge in [-0.1, -0.05) is 158 Å². The van der Waals surface area contributed by atoms with Gasteiger partial charge < -0.3 is 0 Å². The van der Waals surface area contributed by atoms with Crippen LogP contribution in [0.25, 0.3) is 67.1 Å². The number of ketones is 2. The molecule has 4 heterocycles. The molecule has 4 aromatic heterocycles. The van der Waals surface area contributed by atoms with E-state index in [2.05, 4.69) is 94.2 Å². The van der Waals surface area contributed by atoms with E-state index in [0.29, 0.717) is 23.7 Å². The molecule has 0 amide bonds. The summed E-state index contributed by atoms with van der Waals surface area (Å²) >= 11 is 6.82. The van der Waals surface area contributed by atoms with E-state index in [-0.39, 0.29) is 61.5 Å². The lowest BCUT2D eigenvalue weighted by Gasteiger charge is -2.37. The van der Waals surface area contributed by atoms with E-state index in [1.165, 1.54) is 20.9 Å². The molecule has 4 atom stereocenters. The molecule has 6 nitrogen and oxygen atoms in total. The van der Waals surface area contributed by atoms with E-state index < -0.39 is 34.8 Å². The zero-order valence-electron chi connectivity index (χ0n) is 53.2. The first-order valence-corrected chi connectivity index (χ1v) is 35.9. The summed E-state index contributed by atoms with van der Waals surface area (Å²) in [5.74, 6) is -4.39. The standard InChI is InChI=1S/C76H80F4N4O2S4/c1-12-20-24-44(16-5)28-29-48-31-50(34-57-68(75(83-10)84-11)53-36-61(78)63(80)38-55(53)70(57)86)87-71(48)65-39-58-73(89-65)74-59(76(58,41-46(18-7)26-22-14-3)42-47(19-8)27-23-15-4)40-66(90-74)72-49(30-45(17-6)25-21-13-2)32-51(88-72)33-56-67(64(43-81)82-9)52-35-60(77)62(79)37-54(52)69(56)85/h31-40,44-47H,12-30,41-42H2,1-8H3/b56-33-,57-34-,67-64-. The second-order valence-electron chi connectivity index (χ2n) is 24.9. The van der Waals surface area contributed by atoms with Crippen molar-refractivity contribution in [3.63, 3.8) is 0 Å². The third-order valence-corrected chi connectivity index (χ3v) is 24.3. The molecule has 9 rings (SSSR count). The number of carbonyl (C=O) groups excluding carboxylic acids is 2. The fraction of sp³-hybridized carbons (Fsp3) is 0.447. The molecule has 14 heteroatoms. The Morgan fingerprint density at radius 1 is 0.511 bits per heavy atom. The highest BCUT2D eigenvalue weighted by molar-refractivity contribution is 7.29. The van der Waals surface area contributed by atoms with Gasteiger partial charge in [0.1, 0.15) is 13.1 Å². The number of unbranched alkanes of at least 4 members (excludes halogenated alkanes) is 4. The van der Waals surface area contributed by atoms with E-state index in [1.807, 2.05) is 28.7 Å². The van der Waals surface area contributed by atoms with Crippen molar-refractivity contribution in [3.8, 4) is 35.3 Å². The molecule has 90 heavy (non-hydrogen) atoms. The summed E-state index contributed by atoms with van der Waals surface area (Å²) in [6.45, 7) is 42.0. The largest absolute Gasteiger partial charge is 0.528 e. The number of hydrogen-bond acceptors (Lipinski definition) is 7. The molecule has 468 valence electrons. The van der Waals surface area contributed by atoms with Gasteiger partial charge in [0.15, 0.2) is 34.8 Å². The Kier molecular flexibility index (Phi) is 22.6. The highest BCUT2D eigenvalue weighted by Gasteiger charge is 2.49. The second kappa shape index (κ2) is 30.1. The first-order chi connectivity index (χ1) is 43.5. The quantitative estimate of drug-likeness (QED) is 0.0203. The van der Waals surface area contributed by atoms with E-state index in [9.17, 15) is 32.4 Å². The molecule has 2 aromatic carbocycles. The second-order valence-corrected chi connectivity index (χ2v) is 29.2. The average molecular weight is 1290 g/mol. The van der Waals surface area contributed by atoms with Crippen molar-refractivity contribution in [1.82, 2.24) is 0 Å². The average Bonchev–Trinajstić information content (AvgIpc) is 1.54. The summed E-state index contributed by atoms with van der Waals surface area (Å²) < 4.78 is 59.7. The van der Waals surface area contributed by atoms with Crippen LogP contribution in [0.15, 0.2) is 71.2 Å². The fourth-order valence-electron chi connectivity index (χ4n) is 14.1. The van der Waals surface area contributed by atoms with Gasteiger partial charge in [-0.05, 0) is 150 Å². The lowest BCUT2D eigenvalue weighted by molar-refractivity contribution is 0.103. The minimum absolute atomic E-state index is 0.0153. The van der Waals surface area contributed by atoms with Crippen molar-refractivity contribution in [3.05, 3.63) is 183 Å². The Balaban J connectivity index is 1.28. The van der Waals surface area contributed by atoms with Crippen molar-refractivity contribution in [2.75, 3.05) is 0 Å². The number of rotatable bonds is 29. The molecule has 0 radical (unpaired) electrons. The zero-order valence-corrected chi connectivity index (χ0v) is 56.4. The van der Waals surface area contributed by atoms with Crippen molar-refractivity contribution in [2.24, 2.45) is 23.7 Å². The van der Waals surface area contributed by atoms with Crippen LogP contribution < -0.4 is 0 Å². The molecular formula is C76H80F4N4O2S4. The van der Waals surface area contributed by atoms with Crippen molar-refractivity contribution in [2.45, 2.75) is 196 Å². The van der Waals surface area contributed by atoms with E-state index in [4.69, 9.17) is 19.7 Å². The third-order valence-electron chi connectivity index (χ3n) is 19.2. The Hall–Kier alpha value is -6.78. The van der Waals surface area contributed by atoms with Crippen LogP contribution in [0.4, 0.5) is 17.6 Å². The molecule has 0 aliphatic heterocycles. The Bertz CT molecular complexity index is 3970. The van der Waals surface area contributed by atoms with Crippen molar-refractivity contribution >= 4 is 80.2 Å². The Morgan fingerprint density at radius 2 is 0.922 bits per heavy atom. The van der Waals surface area contributed by atoms with E-state index >= 15 is 0 Å². The van der Waals surface area contributed by atoms with E-state index in [0.717, 1.165) is 199 Å². The number of nitrogens with zero attached hydrogens (tertiary/aromatic N) is 4. The summed E-state index contributed by atoms with van der Waals surface area (Å²) in [6.07, 6.45) is 25.4. The molecule has 6 aromatic rings. The Labute approximate surface area is 546 Å². The highest BCUT2D eigenvalue weighted by atomic mass is 32.1. The van der Waals surface area contributed by atoms with Crippen molar-refractivity contribution in [1.29, 1.82) is 5.26 Å². The first kappa shape index (κ1) is 67.6. The summed E-state index contributed by atoms with van der Waals surface area (Å²) in [4.78, 5) is 47.7. The maximum atomic E-state index is 15.0. The van der Waals surface area contributed by atoms with Gasteiger partial charge in [0.05, 0.1) is 18.2 Å². The Morgan fingerprint density at radius 3 is 1.36 bits per heavy atom. The number of Topliss-reactive ketones (excluding diaryl/α,β-unsaturated/α-hetero) is 2. The predicted molar refractivity (Wildman–Crippen MR) is 366 cm³/mol. The number of hydrogen-bond donors (Lipinski definition) is 0. The van der Waals surface area contributed by atoms with Crippen LogP contribution >= 0.6 is 45.3 Å². The van der Waals surface area contributed by atoms with Gasteiger partial charge in [0.2, 0.25) is 0 Å². The van der Waals surface area contributed by atoms with Crippen LogP contribution in [0, 0.1) is 78.0 Å². The highest BCUT2D eigenvalue weighted by Crippen LogP contribution is 2.64. The van der Waals surface area contributed by atoms with Gasteiger partial charge in [-0.2, -0.15) is 9.69 Å². The molecule has 4 unspecified atom stereocenters. The molecule has 0 saturated carbocycles. The smallest absolute Gasteiger partial charge is 0.289 e. The molecule has 3 aliphatic carbocycles. The zero-order chi connectivity index (χ0) is 64.6. The number of nitriles is 1. The molecule has 0 N–H and O–H groups in total. The molecule has 0 spiro atoms. The van der Waals surface area contributed by atoms with Crippen LogP contribution in [0.3, 0.4) is 0 Å². The van der Waals surface area contributed by atoms with Gasteiger partial charge in [0, 0.05) is 72.3 Å². The molecule has 0 bridgehead atoms. The van der Waals surface area contributed by atoms with Gasteiger partial charge in [-0.15, -0.1) is 45.3 Å². The predicted octanol–water partition coefficient (Wildman–Crippen LogP) is 24.4. The van der Waals surface area contributed by atoms with Gasteiger partial charge in [0.25, 0.3) is 5.70 Å². The summed E-state index contributed by atoms with van der Waals surface area (Å²) in [7, 11) is 0. The SMILES string of the molecule is [C-]#[N+]C([N+]#[C-])=C1/C(=C/c2cc(CCC(CC)CCCC)c(-c3cc4c(s3)-c3sc(-c5sc(/C=C6\C(=O)c7cc(F)c(F)cc7\C6=C(/C#N)[N+]#[C-])cc5CC(CC)CCCC)cc3C4(CC(CC)CCCC)CC(CC)CCCC)s2)C(=O)c2cc(F)c(F)cc21. The summed E-state index contributed by atoms with van der Waals surface area (Å²) in [5.41, 5.74) is 4.43. The monoisotopic (exact) mass is 1280 g/mol. The molecule has 0 fully saturated rings. The molecule has 3 aliphatic rings. The minimum Gasteiger partial charge on any atom is -0.289 e. The first-order valence-electron chi connectivity index (χ1n) is 32.6. The fourth-order valence-corrected chi connectivity index (χ4v) is 19.3. The summed E-state index contributed by atoms with van der Waals surface area (Å²) in [6, 6.07) is 14.8. The van der Waals surface area contributed by atoms with Crippen LogP contribution in [0.5, 0.6) is 0 Å². The number of fused-ring (bicyclic) bond motifs is 5. The van der Waals surface area contributed by atoms with Crippen molar-refractivity contribution < 1.29 is 27.2 Å². The van der Waals surface area contributed by atoms with Crippen LogP contribution in [-0.4, -0.2) is 11.6 Å². The number of aryl methyl sites for hydroxylation is 1. The van der Waals surface area contributed by atoms with Crippen LogP contribution in [0.1, 0.15) is 241 Å². The van der Waals surface area contributed by atoms with Gasteiger partial charge in [-0.25, -0.2) is 27.7 Å². The lowest BCUT2D eigenvalue weighted by atomic mass is 9.65. The number of benzene rings is 2. The minimum atomic E-state index is -1.18. The molecular weight excluding hydrogens is 1210 g/mol. The normalized spacial score (nSPS) is 17.6. The third kappa shape index (κ3) is 13.6. The number of carbonyl (C=O) groups is 2. The van der Waals surface area contributed by atoms with Crippen LogP contribution in [0.2, 0.25) is 0 Å². The lowest BCUT2D eigenvalue weighted by Crippen LogP contribution is -2.31. The van der Waals surface area contributed by atoms with Gasteiger partial charge in [-0.3, -0.25) is 9.59 Å². The number of thiophene rings is 4. The van der Waals surface area contributed by atoms with Gasteiger partial charge >= 0.3 is 5.82 Å². The summed E-state index contributed by atoms with van der Waals surface area (Å²) in [5, 5.41) is 10.2. The van der Waals surface area contributed by atoms with E-state index in [1.54, 1.807) is 34.8 Å². The number of allylic oxidation sites excluding steroid dienone is 5. The maximum Gasteiger partial charge on any atom is 0.528 e. The number of halogens is 4. The maximum absolute atomic E-state index is 15.0. The topological polar surface area (TPSA) is 71.0 Å². The van der Waals surface area contributed by atoms with Crippen LogP contribution in [-0.2, 0) is 18.3 Å².